The van der Waals surface area contributed by atoms with Crippen LogP contribution < -0.4 is 4.74 Å². The lowest BCUT2D eigenvalue weighted by molar-refractivity contribution is 0.0600. The van der Waals surface area contributed by atoms with Crippen molar-refractivity contribution in [3.05, 3.63) is 29.8 Å². The Bertz CT molecular complexity index is 367. The first-order chi connectivity index (χ1) is 7.79. The van der Waals surface area contributed by atoms with Gasteiger partial charge < -0.3 is 9.47 Å². The van der Waals surface area contributed by atoms with Crippen LogP contribution in [-0.4, -0.2) is 19.2 Å². The first-order valence-corrected chi connectivity index (χ1v) is 5.64. The minimum absolute atomic E-state index is 0.313. The number of carbonyl (C=O) groups is 1. The maximum Gasteiger partial charge on any atom is 0.337 e. The molecule has 1 aliphatic rings. The summed E-state index contributed by atoms with van der Waals surface area (Å²) in [4.78, 5) is 11.3. The average Bonchev–Trinajstić information content (AvgIpc) is 2.81. The molecule has 0 bridgehead atoms. The molecule has 1 aliphatic carbocycles. The lowest BCUT2D eigenvalue weighted by atomic mass is 10.2. The molecule has 3 heteroatoms. The van der Waals surface area contributed by atoms with E-state index >= 15 is 0 Å². The monoisotopic (exact) mass is 220 g/mol. The van der Waals surface area contributed by atoms with E-state index in [0.717, 1.165) is 18.6 Å². The Hall–Kier alpha value is -1.51. The van der Waals surface area contributed by atoms with Crippen LogP contribution in [0, 0.1) is 0 Å². The summed E-state index contributed by atoms with van der Waals surface area (Å²) >= 11 is 0. The predicted octanol–water partition coefficient (Wildman–Crippen LogP) is 2.79. The largest absolute Gasteiger partial charge is 0.490 e. The van der Waals surface area contributed by atoms with Gasteiger partial charge in [-0.2, -0.15) is 0 Å². The molecule has 86 valence electrons. The van der Waals surface area contributed by atoms with Crippen LogP contribution in [0.3, 0.4) is 0 Å². The summed E-state index contributed by atoms with van der Waals surface area (Å²) in [5.74, 6) is 0.437. The van der Waals surface area contributed by atoms with Crippen LogP contribution in [0.2, 0.25) is 0 Å². The molecule has 2 rings (SSSR count). The fourth-order valence-corrected chi connectivity index (χ4v) is 2.01. The van der Waals surface area contributed by atoms with Gasteiger partial charge in [0.2, 0.25) is 0 Å². The Labute approximate surface area is 95.4 Å². The molecule has 0 aromatic heterocycles. The van der Waals surface area contributed by atoms with E-state index in [9.17, 15) is 4.79 Å². The summed E-state index contributed by atoms with van der Waals surface area (Å²) in [6.45, 7) is 0. The predicted molar refractivity (Wildman–Crippen MR) is 60.7 cm³/mol. The van der Waals surface area contributed by atoms with E-state index < -0.39 is 0 Å². The second-order valence-electron chi connectivity index (χ2n) is 4.04. The zero-order valence-electron chi connectivity index (χ0n) is 9.44. The third-order valence-electron chi connectivity index (χ3n) is 2.86. The standard InChI is InChI=1S/C13H16O3/c1-15-13(14)10-5-4-8-12(9-10)16-11-6-2-3-7-11/h4-5,8-9,11H,2-3,6-7H2,1H3. The molecule has 1 aromatic carbocycles. The molecule has 0 aliphatic heterocycles. The van der Waals surface area contributed by atoms with Crippen molar-refractivity contribution in [3.8, 4) is 5.75 Å². The number of hydrogen-bond acceptors (Lipinski definition) is 3. The topological polar surface area (TPSA) is 35.5 Å². The van der Waals surface area contributed by atoms with E-state index in [4.69, 9.17) is 4.74 Å². The second kappa shape index (κ2) is 5.01. The van der Waals surface area contributed by atoms with Crippen molar-refractivity contribution in [1.82, 2.24) is 0 Å². The molecular formula is C13H16O3. The van der Waals surface area contributed by atoms with Crippen molar-refractivity contribution in [1.29, 1.82) is 0 Å². The summed E-state index contributed by atoms with van der Waals surface area (Å²) < 4.78 is 10.5. The first-order valence-electron chi connectivity index (χ1n) is 5.64. The molecule has 1 saturated carbocycles. The van der Waals surface area contributed by atoms with Crippen molar-refractivity contribution < 1.29 is 14.3 Å². The SMILES string of the molecule is COC(=O)c1cccc(OC2CCCC2)c1. The number of ether oxygens (including phenoxy) is 2. The van der Waals surface area contributed by atoms with E-state index in [-0.39, 0.29) is 5.97 Å². The van der Waals surface area contributed by atoms with Gasteiger partial charge in [-0.25, -0.2) is 4.79 Å². The summed E-state index contributed by atoms with van der Waals surface area (Å²) in [5, 5.41) is 0. The summed E-state index contributed by atoms with van der Waals surface area (Å²) in [6, 6.07) is 7.17. The maximum atomic E-state index is 11.3. The Kier molecular flexibility index (Phi) is 3.44. The fourth-order valence-electron chi connectivity index (χ4n) is 2.01. The number of esters is 1. The lowest BCUT2D eigenvalue weighted by Crippen LogP contribution is -2.11. The molecule has 0 N–H and O–H groups in total. The van der Waals surface area contributed by atoms with Gasteiger partial charge in [0.25, 0.3) is 0 Å². The number of carbonyl (C=O) groups excluding carboxylic acids is 1. The highest BCUT2D eigenvalue weighted by Gasteiger charge is 2.17. The Balaban J connectivity index is 2.06. The van der Waals surface area contributed by atoms with Crippen LogP contribution in [0.15, 0.2) is 24.3 Å². The summed E-state index contributed by atoms with van der Waals surface area (Å²) in [6.07, 6.45) is 5.01. The van der Waals surface area contributed by atoms with Crippen LogP contribution in [0.4, 0.5) is 0 Å². The van der Waals surface area contributed by atoms with Gasteiger partial charge in [-0.05, 0) is 43.9 Å². The van der Waals surface area contributed by atoms with Crippen molar-refractivity contribution in [3.63, 3.8) is 0 Å². The molecule has 0 amide bonds. The maximum absolute atomic E-state index is 11.3. The van der Waals surface area contributed by atoms with Gasteiger partial charge in [-0.15, -0.1) is 0 Å². The minimum Gasteiger partial charge on any atom is -0.490 e. The number of rotatable bonds is 3. The van der Waals surface area contributed by atoms with E-state index in [1.807, 2.05) is 12.1 Å². The molecule has 0 saturated heterocycles. The van der Waals surface area contributed by atoms with Gasteiger partial charge in [0, 0.05) is 0 Å². The quantitative estimate of drug-likeness (QED) is 0.735. The highest BCUT2D eigenvalue weighted by Crippen LogP contribution is 2.24. The van der Waals surface area contributed by atoms with Crippen molar-refractivity contribution >= 4 is 5.97 Å². The zero-order valence-corrected chi connectivity index (χ0v) is 9.44. The Morgan fingerprint density at radius 2 is 2.06 bits per heavy atom. The Morgan fingerprint density at radius 3 is 2.75 bits per heavy atom. The highest BCUT2D eigenvalue weighted by molar-refractivity contribution is 5.89. The van der Waals surface area contributed by atoms with Gasteiger partial charge in [0.15, 0.2) is 0 Å². The normalized spacial score (nSPS) is 16.1. The third-order valence-corrected chi connectivity index (χ3v) is 2.86. The van der Waals surface area contributed by atoms with Crippen LogP contribution in [0.25, 0.3) is 0 Å². The lowest BCUT2D eigenvalue weighted by Gasteiger charge is -2.13. The highest BCUT2D eigenvalue weighted by atomic mass is 16.5. The molecule has 16 heavy (non-hydrogen) atoms. The average molecular weight is 220 g/mol. The number of methoxy groups -OCH3 is 1. The van der Waals surface area contributed by atoms with E-state index in [0.29, 0.717) is 11.7 Å². The van der Waals surface area contributed by atoms with Crippen molar-refractivity contribution in [2.75, 3.05) is 7.11 Å². The van der Waals surface area contributed by atoms with Crippen LogP contribution in [-0.2, 0) is 4.74 Å². The molecule has 0 unspecified atom stereocenters. The molecule has 1 fully saturated rings. The molecule has 0 heterocycles. The van der Waals surface area contributed by atoms with Crippen LogP contribution >= 0.6 is 0 Å². The number of benzene rings is 1. The van der Waals surface area contributed by atoms with Gasteiger partial charge >= 0.3 is 5.97 Å². The smallest absolute Gasteiger partial charge is 0.337 e. The first kappa shape index (κ1) is 11.0. The second-order valence-corrected chi connectivity index (χ2v) is 4.04. The summed E-state index contributed by atoms with van der Waals surface area (Å²) in [7, 11) is 1.38. The molecule has 3 nitrogen and oxygen atoms in total. The van der Waals surface area contributed by atoms with Crippen LogP contribution in [0.5, 0.6) is 5.75 Å². The molecule has 1 aromatic rings. The van der Waals surface area contributed by atoms with Gasteiger partial charge in [-0.3, -0.25) is 0 Å². The van der Waals surface area contributed by atoms with E-state index in [1.165, 1.54) is 20.0 Å². The van der Waals surface area contributed by atoms with Gasteiger partial charge in [0.05, 0.1) is 18.8 Å². The molecule has 0 atom stereocenters. The Morgan fingerprint density at radius 1 is 1.31 bits per heavy atom. The van der Waals surface area contributed by atoms with Gasteiger partial charge in [0.1, 0.15) is 5.75 Å². The molecule has 0 radical (unpaired) electrons. The molecule has 0 spiro atoms. The third kappa shape index (κ3) is 2.54. The van der Waals surface area contributed by atoms with Gasteiger partial charge in [-0.1, -0.05) is 6.07 Å². The molecular weight excluding hydrogens is 204 g/mol. The van der Waals surface area contributed by atoms with E-state index in [2.05, 4.69) is 4.74 Å². The summed E-state index contributed by atoms with van der Waals surface area (Å²) in [5.41, 5.74) is 0.540. The van der Waals surface area contributed by atoms with Crippen molar-refractivity contribution in [2.45, 2.75) is 31.8 Å². The zero-order chi connectivity index (χ0) is 11.4. The fraction of sp³-hybridized carbons (Fsp3) is 0.462. The number of hydrogen-bond donors (Lipinski definition) is 0. The minimum atomic E-state index is -0.322. The van der Waals surface area contributed by atoms with Crippen molar-refractivity contribution in [2.24, 2.45) is 0 Å². The van der Waals surface area contributed by atoms with E-state index in [1.54, 1.807) is 12.1 Å². The van der Waals surface area contributed by atoms with Crippen LogP contribution in [0.1, 0.15) is 36.0 Å².